The van der Waals surface area contributed by atoms with E-state index in [9.17, 15) is 15.0 Å². The minimum absolute atomic E-state index is 0.0850. The molecule has 19 heavy (non-hydrogen) atoms. The lowest BCUT2D eigenvalue weighted by Crippen LogP contribution is -2.42. The van der Waals surface area contributed by atoms with Crippen LogP contribution in [-0.4, -0.2) is 58.6 Å². The van der Waals surface area contributed by atoms with Gasteiger partial charge in [-0.25, -0.2) is 0 Å². The summed E-state index contributed by atoms with van der Waals surface area (Å²) in [4.78, 5) is 16.4. The number of likely N-dealkylation sites (N-methyl/N-ethyl adjacent to an activating group) is 1. The maximum absolute atomic E-state index is 12.5. The van der Waals surface area contributed by atoms with E-state index in [1.807, 2.05) is 14.0 Å². The first-order chi connectivity index (χ1) is 9.00. The van der Waals surface area contributed by atoms with Crippen LogP contribution in [0.25, 0.3) is 0 Å². The molecule has 1 atom stereocenters. The Morgan fingerprint density at radius 2 is 2.05 bits per heavy atom. The lowest BCUT2D eigenvalue weighted by Gasteiger charge is -2.28. The van der Waals surface area contributed by atoms with Crippen LogP contribution in [0.3, 0.4) is 0 Å². The Morgan fingerprint density at radius 3 is 2.79 bits per heavy atom. The Bertz CT molecular complexity index is 476. The van der Waals surface area contributed by atoms with Crippen molar-refractivity contribution in [2.24, 2.45) is 0 Å². The van der Waals surface area contributed by atoms with Crippen molar-refractivity contribution in [2.75, 3.05) is 26.7 Å². The van der Waals surface area contributed by atoms with Gasteiger partial charge in [-0.1, -0.05) is 6.07 Å². The molecule has 0 aromatic heterocycles. The third-order valence-electron chi connectivity index (χ3n) is 3.55. The molecule has 0 aliphatic carbocycles. The summed E-state index contributed by atoms with van der Waals surface area (Å²) < 4.78 is 0. The molecule has 2 N–H and O–H groups in total. The first-order valence-electron chi connectivity index (χ1n) is 6.51. The summed E-state index contributed by atoms with van der Waals surface area (Å²) in [5, 5.41) is 19.3. The van der Waals surface area contributed by atoms with Crippen LogP contribution in [-0.2, 0) is 0 Å². The zero-order valence-electron chi connectivity index (χ0n) is 11.3. The summed E-state index contributed by atoms with van der Waals surface area (Å²) in [5.41, 5.74) is 0.163. The van der Waals surface area contributed by atoms with Crippen LogP contribution >= 0.6 is 0 Å². The highest BCUT2D eigenvalue weighted by Gasteiger charge is 2.27. The fraction of sp³-hybridized carbons (Fsp3) is 0.500. The molecule has 5 heteroatoms. The number of hydrogen-bond donors (Lipinski definition) is 2. The number of rotatable bonds is 1. The molecule has 1 aliphatic heterocycles. The molecule has 0 spiro atoms. The fourth-order valence-corrected chi connectivity index (χ4v) is 2.53. The molecular weight excluding hydrogens is 244 g/mol. The number of para-hydroxylation sites is 1. The minimum atomic E-state index is -0.336. The van der Waals surface area contributed by atoms with Gasteiger partial charge in [-0.2, -0.15) is 0 Å². The van der Waals surface area contributed by atoms with E-state index in [-0.39, 0.29) is 29.0 Å². The Balaban J connectivity index is 2.25. The van der Waals surface area contributed by atoms with E-state index >= 15 is 0 Å². The molecule has 5 nitrogen and oxygen atoms in total. The van der Waals surface area contributed by atoms with Gasteiger partial charge in [0.2, 0.25) is 0 Å². The van der Waals surface area contributed by atoms with Crippen molar-refractivity contribution >= 4 is 5.91 Å². The number of benzene rings is 1. The number of amides is 1. The Hall–Kier alpha value is -1.75. The second-order valence-corrected chi connectivity index (χ2v) is 5.14. The van der Waals surface area contributed by atoms with Gasteiger partial charge < -0.3 is 20.0 Å². The van der Waals surface area contributed by atoms with Crippen molar-refractivity contribution in [3.05, 3.63) is 23.8 Å². The van der Waals surface area contributed by atoms with Crippen LogP contribution in [0.5, 0.6) is 11.5 Å². The van der Waals surface area contributed by atoms with Crippen molar-refractivity contribution in [1.29, 1.82) is 0 Å². The maximum Gasteiger partial charge on any atom is 0.258 e. The van der Waals surface area contributed by atoms with Crippen LogP contribution in [0.15, 0.2) is 18.2 Å². The summed E-state index contributed by atoms with van der Waals surface area (Å²) in [7, 11) is 2.04. The van der Waals surface area contributed by atoms with E-state index in [1.54, 1.807) is 17.0 Å². The lowest BCUT2D eigenvalue weighted by molar-refractivity contribution is 0.0693. The fourth-order valence-electron chi connectivity index (χ4n) is 2.53. The van der Waals surface area contributed by atoms with E-state index < -0.39 is 0 Å². The molecule has 1 amide bonds. The molecule has 0 saturated carbocycles. The first kappa shape index (κ1) is 13.7. The Kier molecular flexibility index (Phi) is 3.95. The van der Waals surface area contributed by atoms with Gasteiger partial charge in [-0.15, -0.1) is 0 Å². The highest BCUT2D eigenvalue weighted by atomic mass is 16.3. The summed E-state index contributed by atoms with van der Waals surface area (Å²) in [5.74, 6) is -0.820. The van der Waals surface area contributed by atoms with Crippen molar-refractivity contribution in [3.8, 4) is 11.5 Å². The van der Waals surface area contributed by atoms with Gasteiger partial charge >= 0.3 is 0 Å². The molecular formula is C14H20N2O3. The van der Waals surface area contributed by atoms with Crippen molar-refractivity contribution in [3.63, 3.8) is 0 Å². The molecule has 0 bridgehead atoms. The van der Waals surface area contributed by atoms with Gasteiger partial charge in [-0.3, -0.25) is 4.79 Å². The van der Waals surface area contributed by atoms with Gasteiger partial charge in [0.05, 0.1) is 5.56 Å². The number of phenolic OH excluding ortho intramolecular Hbond substituents is 2. The van der Waals surface area contributed by atoms with E-state index in [4.69, 9.17) is 0 Å². The van der Waals surface area contributed by atoms with Crippen LogP contribution in [0.4, 0.5) is 0 Å². The quantitative estimate of drug-likeness (QED) is 0.750. The third-order valence-corrected chi connectivity index (χ3v) is 3.55. The number of carbonyl (C=O) groups is 1. The molecule has 1 aliphatic rings. The highest BCUT2D eigenvalue weighted by Crippen LogP contribution is 2.29. The minimum Gasteiger partial charge on any atom is -0.504 e. The molecule has 1 aromatic carbocycles. The van der Waals surface area contributed by atoms with E-state index in [1.165, 1.54) is 6.07 Å². The van der Waals surface area contributed by atoms with E-state index in [2.05, 4.69) is 4.90 Å². The van der Waals surface area contributed by atoms with Gasteiger partial charge in [-0.05, 0) is 39.1 Å². The molecule has 1 aromatic rings. The second-order valence-electron chi connectivity index (χ2n) is 5.14. The SMILES string of the molecule is CC1CN(C)CCCN1C(=O)c1cccc(O)c1O. The summed E-state index contributed by atoms with van der Waals surface area (Å²) in [6.07, 6.45) is 0.909. The average molecular weight is 264 g/mol. The first-order valence-corrected chi connectivity index (χ1v) is 6.51. The van der Waals surface area contributed by atoms with Gasteiger partial charge in [0.1, 0.15) is 0 Å². The predicted octanol–water partition coefficient (Wildman–Crippen LogP) is 1.26. The van der Waals surface area contributed by atoms with E-state index in [0.717, 1.165) is 19.5 Å². The number of aromatic hydroxyl groups is 2. The van der Waals surface area contributed by atoms with Crippen molar-refractivity contribution in [1.82, 2.24) is 9.80 Å². The second kappa shape index (κ2) is 5.48. The topological polar surface area (TPSA) is 64.0 Å². The monoisotopic (exact) mass is 264 g/mol. The van der Waals surface area contributed by atoms with Crippen molar-refractivity contribution < 1.29 is 15.0 Å². The zero-order chi connectivity index (χ0) is 14.0. The predicted molar refractivity (Wildman–Crippen MR) is 72.4 cm³/mol. The molecule has 1 fully saturated rings. The van der Waals surface area contributed by atoms with Crippen LogP contribution in [0.2, 0.25) is 0 Å². The molecule has 1 unspecified atom stereocenters. The van der Waals surface area contributed by atoms with Crippen molar-refractivity contribution in [2.45, 2.75) is 19.4 Å². The molecule has 2 rings (SSSR count). The van der Waals surface area contributed by atoms with Crippen LogP contribution in [0, 0.1) is 0 Å². The molecule has 1 heterocycles. The number of nitrogens with zero attached hydrogens (tertiary/aromatic N) is 2. The maximum atomic E-state index is 12.5. The Morgan fingerprint density at radius 1 is 1.32 bits per heavy atom. The summed E-state index contributed by atoms with van der Waals surface area (Å²) in [6, 6.07) is 4.56. The van der Waals surface area contributed by atoms with Gasteiger partial charge in [0.15, 0.2) is 11.5 Å². The number of carbonyl (C=O) groups excluding carboxylic acids is 1. The average Bonchev–Trinajstić information content (AvgIpc) is 2.53. The standard InChI is InChI=1S/C14H20N2O3/c1-10-9-15(2)7-4-8-16(10)14(19)11-5-3-6-12(17)13(11)18/h3,5-6,10,17-18H,4,7-9H2,1-2H3. The van der Waals surface area contributed by atoms with Gasteiger partial charge in [0, 0.05) is 19.1 Å². The van der Waals surface area contributed by atoms with E-state index in [0.29, 0.717) is 6.54 Å². The normalized spacial score (nSPS) is 21.2. The third kappa shape index (κ3) is 2.81. The smallest absolute Gasteiger partial charge is 0.258 e. The number of hydrogen-bond acceptors (Lipinski definition) is 4. The van der Waals surface area contributed by atoms with Gasteiger partial charge in [0.25, 0.3) is 5.91 Å². The largest absolute Gasteiger partial charge is 0.504 e. The molecule has 1 saturated heterocycles. The summed E-state index contributed by atoms with van der Waals surface area (Å²) in [6.45, 7) is 4.43. The Labute approximate surface area is 113 Å². The summed E-state index contributed by atoms with van der Waals surface area (Å²) >= 11 is 0. The lowest BCUT2D eigenvalue weighted by atomic mass is 10.1. The molecule has 104 valence electrons. The van der Waals surface area contributed by atoms with Crippen LogP contribution < -0.4 is 0 Å². The van der Waals surface area contributed by atoms with Crippen LogP contribution in [0.1, 0.15) is 23.7 Å². The molecule has 0 radical (unpaired) electrons. The number of phenols is 2. The highest BCUT2D eigenvalue weighted by molar-refractivity contribution is 5.97. The zero-order valence-corrected chi connectivity index (χ0v) is 11.3.